The topological polar surface area (TPSA) is 89.7 Å². The summed E-state index contributed by atoms with van der Waals surface area (Å²) in [7, 11) is -2.50. The van der Waals surface area contributed by atoms with E-state index >= 15 is 0 Å². The Labute approximate surface area is 124 Å². The van der Waals surface area contributed by atoms with Crippen LogP contribution in [-0.2, 0) is 14.8 Å². The van der Waals surface area contributed by atoms with Gasteiger partial charge >= 0.3 is 5.97 Å². The third-order valence-corrected chi connectivity index (χ3v) is 5.73. The average molecular weight is 312 g/mol. The molecule has 0 radical (unpaired) electrons. The Kier molecular flexibility index (Phi) is 4.53. The number of hydrogen-bond donors (Lipinski definition) is 1. The molecule has 1 fully saturated rings. The monoisotopic (exact) mass is 312 g/mol. The van der Waals surface area contributed by atoms with Crippen molar-refractivity contribution in [1.29, 1.82) is 0 Å². The zero-order valence-corrected chi connectivity index (χ0v) is 13.0. The Bertz CT molecular complexity index is 634. The molecule has 0 spiro atoms. The van der Waals surface area contributed by atoms with E-state index in [2.05, 4.69) is 11.7 Å². The van der Waals surface area contributed by atoms with Crippen LogP contribution in [0, 0.1) is 5.92 Å². The average Bonchev–Trinajstić information content (AvgIpc) is 2.46. The zero-order chi connectivity index (χ0) is 15.6. The van der Waals surface area contributed by atoms with E-state index in [1.807, 2.05) is 0 Å². The van der Waals surface area contributed by atoms with Crippen molar-refractivity contribution in [2.45, 2.75) is 24.7 Å². The van der Waals surface area contributed by atoms with Gasteiger partial charge in [0.1, 0.15) is 0 Å². The lowest BCUT2D eigenvalue weighted by molar-refractivity contribution is 0.0596. The van der Waals surface area contributed by atoms with Gasteiger partial charge in [-0.1, -0.05) is 6.92 Å². The van der Waals surface area contributed by atoms with Crippen LogP contribution in [0.4, 0.5) is 5.69 Å². The molecule has 1 aromatic carbocycles. The first-order valence-electron chi connectivity index (χ1n) is 6.84. The molecule has 2 N–H and O–H groups in total. The molecular formula is C14H20N2O4S. The first-order chi connectivity index (χ1) is 9.86. The summed E-state index contributed by atoms with van der Waals surface area (Å²) in [5.41, 5.74) is 5.95. The third-order valence-electron chi connectivity index (χ3n) is 3.77. The lowest BCUT2D eigenvalue weighted by atomic mass is 10.0. The van der Waals surface area contributed by atoms with Crippen molar-refractivity contribution in [3.05, 3.63) is 23.8 Å². The number of hydrogen-bond acceptors (Lipinski definition) is 5. The van der Waals surface area contributed by atoms with Gasteiger partial charge in [-0.2, -0.15) is 4.31 Å². The molecule has 0 bridgehead atoms. The largest absolute Gasteiger partial charge is 0.465 e. The zero-order valence-electron chi connectivity index (χ0n) is 12.2. The van der Waals surface area contributed by atoms with E-state index in [-0.39, 0.29) is 10.5 Å². The van der Waals surface area contributed by atoms with Crippen LogP contribution in [0.15, 0.2) is 23.1 Å². The maximum absolute atomic E-state index is 12.7. The van der Waals surface area contributed by atoms with E-state index in [9.17, 15) is 13.2 Å². The van der Waals surface area contributed by atoms with Crippen LogP contribution < -0.4 is 5.73 Å². The minimum atomic E-state index is -3.71. The number of nitrogens with two attached hydrogens (primary N) is 1. The summed E-state index contributed by atoms with van der Waals surface area (Å²) in [5, 5.41) is 0. The molecule has 1 aliphatic rings. The van der Waals surface area contributed by atoms with Gasteiger partial charge in [0.25, 0.3) is 0 Å². The summed E-state index contributed by atoms with van der Waals surface area (Å²) in [6.45, 7) is 3.04. The van der Waals surface area contributed by atoms with Gasteiger partial charge in [0.15, 0.2) is 0 Å². The normalized spacial score (nSPS) is 17.6. The van der Waals surface area contributed by atoms with E-state index in [4.69, 9.17) is 5.73 Å². The summed E-state index contributed by atoms with van der Waals surface area (Å²) in [6.07, 6.45) is 1.64. The SMILES string of the molecule is COC(=O)c1cc(N)ccc1S(=O)(=O)N1CCC(C)CC1. The second-order valence-corrected chi connectivity index (χ2v) is 7.24. The van der Waals surface area contributed by atoms with Crippen LogP contribution >= 0.6 is 0 Å². The second-order valence-electron chi connectivity index (χ2n) is 5.33. The minimum Gasteiger partial charge on any atom is -0.465 e. The molecule has 0 unspecified atom stereocenters. The highest BCUT2D eigenvalue weighted by Crippen LogP contribution is 2.27. The molecule has 116 valence electrons. The van der Waals surface area contributed by atoms with Crippen molar-refractivity contribution in [2.75, 3.05) is 25.9 Å². The first-order valence-corrected chi connectivity index (χ1v) is 8.28. The van der Waals surface area contributed by atoms with Gasteiger partial charge in [0.2, 0.25) is 10.0 Å². The second kappa shape index (κ2) is 6.03. The number of piperidine rings is 1. The van der Waals surface area contributed by atoms with E-state index in [0.29, 0.717) is 24.7 Å². The molecule has 0 aliphatic carbocycles. The van der Waals surface area contributed by atoms with Crippen LogP contribution in [0.25, 0.3) is 0 Å². The molecule has 0 atom stereocenters. The number of esters is 1. The van der Waals surface area contributed by atoms with Gasteiger partial charge < -0.3 is 10.5 Å². The number of anilines is 1. The summed E-state index contributed by atoms with van der Waals surface area (Å²) in [4.78, 5) is 11.8. The van der Waals surface area contributed by atoms with E-state index in [0.717, 1.165) is 12.8 Å². The Hall–Kier alpha value is -1.60. The molecule has 1 heterocycles. The Morgan fingerprint density at radius 1 is 1.33 bits per heavy atom. The van der Waals surface area contributed by atoms with Crippen molar-refractivity contribution in [1.82, 2.24) is 4.31 Å². The predicted molar refractivity (Wildman–Crippen MR) is 79.4 cm³/mol. The van der Waals surface area contributed by atoms with E-state index in [1.165, 1.54) is 29.6 Å². The van der Waals surface area contributed by atoms with Crippen LogP contribution in [0.1, 0.15) is 30.1 Å². The van der Waals surface area contributed by atoms with Gasteiger partial charge in [0.05, 0.1) is 17.6 Å². The molecule has 1 saturated heterocycles. The Morgan fingerprint density at radius 3 is 2.52 bits per heavy atom. The smallest absolute Gasteiger partial charge is 0.339 e. The van der Waals surface area contributed by atoms with Gasteiger partial charge in [-0.3, -0.25) is 0 Å². The molecule has 6 nitrogen and oxygen atoms in total. The molecule has 0 saturated carbocycles. The summed E-state index contributed by atoms with van der Waals surface area (Å²) in [5.74, 6) is -0.186. The quantitative estimate of drug-likeness (QED) is 0.674. The van der Waals surface area contributed by atoms with Crippen LogP contribution in [0.2, 0.25) is 0 Å². The van der Waals surface area contributed by atoms with Gasteiger partial charge in [-0.05, 0) is 37.0 Å². The van der Waals surface area contributed by atoms with Gasteiger partial charge in [0, 0.05) is 18.8 Å². The third kappa shape index (κ3) is 3.19. The lowest BCUT2D eigenvalue weighted by Crippen LogP contribution is -2.38. The number of methoxy groups -OCH3 is 1. The number of nitrogens with zero attached hydrogens (tertiary/aromatic N) is 1. The van der Waals surface area contributed by atoms with E-state index < -0.39 is 16.0 Å². The first kappa shape index (κ1) is 15.8. The number of rotatable bonds is 3. The van der Waals surface area contributed by atoms with Crippen molar-refractivity contribution in [3.8, 4) is 0 Å². The highest BCUT2D eigenvalue weighted by molar-refractivity contribution is 7.89. The fourth-order valence-corrected chi connectivity index (χ4v) is 4.04. The summed E-state index contributed by atoms with van der Waals surface area (Å²) >= 11 is 0. The van der Waals surface area contributed by atoms with Crippen molar-refractivity contribution >= 4 is 21.7 Å². The van der Waals surface area contributed by atoms with Crippen LogP contribution in [0.3, 0.4) is 0 Å². The van der Waals surface area contributed by atoms with Gasteiger partial charge in [-0.15, -0.1) is 0 Å². The molecule has 7 heteroatoms. The number of ether oxygens (including phenoxy) is 1. The highest BCUT2D eigenvalue weighted by atomic mass is 32.2. The molecule has 1 aliphatic heterocycles. The Morgan fingerprint density at radius 2 is 1.95 bits per heavy atom. The number of benzene rings is 1. The number of sulfonamides is 1. The molecule has 1 aromatic rings. The minimum absolute atomic E-state index is 0.0175. The molecule has 21 heavy (non-hydrogen) atoms. The molecule has 2 rings (SSSR count). The Balaban J connectivity index is 2.42. The van der Waals surface area contributed by atoms with Crippen molar-refractivity contribution in [2.24, 2.45) is 5.92 Å². The molecule has 0 amide bonds. The summed E-state index contributed by atoms with van der Waals surface area (Å²) in [6, 6.07) is 4.19. The summed E-state index contributed by atoms with van der Waals surface area (Å²) < 4.78 is 31.5. The number of carbonyl (C=O) groups excluding carboxylic acids is 1. The highest BCUT2D eigenvalue weighted by Gasteiger charge is 2.31. The van der Waals surface area contributed by atoms with Crippen molar-refractivity contribution < 1.29 is 17.9 Å². The van der Waals surface area contributed by atoms with E-state index in [1.54, 1.807) is 0 Å². The maximum atomic E-state index is 12.7. The standard InChI is InChI=1S/C14H20N2O4S/c1-10-5-7-16(8-6-10)21(18,19)13-4-3-11(15)9-12(13)14(17)20-2/h3-4,9-10H,5-8,15H2,1-2H3. The number of carbonyl (C=O) groups is 1. The van der Waals surface area contributed by atoms with Crippen molar-refractivity contribution in [3.63, 3.8) is 0 Å². The van der Waals surface area contributed by atoms with Gasteiger partial charge in [-0.25, -0.2) is 13.2 Å². The molecule has 0 aromatic heterocycles. The molecular weight excluding hydrogens is 292 g/mol. The predicted octanol–water partition coefficient (Wildman–Crippen LogP) is 1.48. The maximum Gasteiger partial charge on any atom is 0.339 e. The van der Waals surface area contributed by atoms with Crippen LogP contribution in [0.5, 0.6) is 0 Å². The lowest BCUT2D eigenvalue weighted by Gasteiger charge is -2.29. The van der Waals surface area contributed by atoms with Crippen LogP contribution in [-0.4, -0.2) is 38.9 Å². The fraction of sp³-hybridized carbons (Fsp3) is 0.500. The fourth-order valence-electron chi connectivity index (χ4n) is 2.41. The number of nitrogen functional groups attached to an aromatic ring is 1.